The maximum atomic E-state index is 5.10. The van der Waals surface area contributed by atoms with Crippen LogP contribution in [0.5, 0.6) is 0 Å². The summed E-state index contributed by atoms with van der Waals surface area (Å²) in [6, 6.07) is 6.38. The highest BCUT2D eigenvalue weighted by atomic mass is 16.5. The van der Waals surface area contributed by atoms with E-state index in [1.54, 1.807) is 7.11 Å². The number of ether oxygens (including phenoxy) is 1. The Balaban J connectivity index is 2.19. The van der Waals surface area contributed by atoms with Crippen LogP contribution in [0.25, 0.3) is 0 Å². The highest BCUT2D eigenvalue weighted by Crippen LogP contribution is 2.19. The number of benzene rings is 1. The SMILES string of the molecule is COCNc1ccc(C)cc1/C(C)=N/N1CCCCC1. The number of hydrogen-bond donors (Lipinski definition) is 1. The van der Waals surface area contributed by atoms with Crippen molar-refractivity contribution in [1.82, 2.24) is 5.01 Å². The predicted molar refractivity (Wildman–Crippen MR) is 84.3 cm³/mol. The summed E-state index contributed by atoms with van der Waals surface area (Å²) in [5, 5.41) is 10.3. The maximum Gasteiger partial charge on any atom is 0.116 e. The molecule has 1 aliphatic rings. The first-order chi connectivity index (χ1) is 9.70. The lowest BCUT2D eigenvalue weighted by molar-refractivity contribution is 0.221. The fraction of sp³-hybridized carbons (Fsp3) is 0.562. The Morgan fingerprint density at radius 1 is 1.30 bits per heavy atom. The van der Waals surface area contributed by atoms with E-state index >= 15 is 0 Å². The molecule has 0 radical (unpaired) electrons. The van der Waals surface area contributed by atoms with Crippen LogP contribution < -0.4 is 5.32 Å². The third-order valence-electron chi connectivity index (χ3n) is 3.60. The van der Waals surface area contributed by atoms with E-state index in [2.05, 4.69) is 42.4 Å². The van der Waals surface area contributed by atoms with Gasteiger partial charge < -0.3 is 10.1 Å². The molecule has 2 rings (SSSR count). The van der Waals surface area contributed by atoms with Crippen LogP contribution in [0.3, 0.4) is 0 Å². The number of nitrogens with one attached hydrogen (secondary N) is 1. The fourth-order valence-corrected chi connectivity index (χ4v) is 2.50. The normalized spacial score (nSPS) is 16.4. The Labute approximate surface area is 121 Å². The third-order valence-corrected chi connectivity index (χ3v) is 3.60. The number of methoxy groups -OCH3 is 1. The smallest absolute Gasteiger partial charge is 0.116 e. The van der Waals surface area contributed by atoms with Gasteiger partial charge in [0.15, 0.2) is 0 Å². The summed E-state index contributed by atoms with van der Waals surface area (Å²) in [7, 11) is 1.69. The van der Waals surface area contributed by atoms with E-state index in [9.17, 15) is 0 Å². The van der Waals surface area contributed by atoms with Gasteiger partial charge in [0.1, 0.15) is 6.73 Å². The van der Waals surface area contributed by atoms with Gasteiger partial charge in [-0.1, -0.05) is 11.6 Å². The highest BCUT2D eigenvalue weighted by Gasteiger charge is 2.10. The lowest BCUT2D eigenvalue weighted by Crippen LogP contribution is -2.26. The van der Waals surface area contributed by atoms with Gasteiger partial charge in [0.25, 0.3) is 0 Å². The summed E-state index contributed by atoms with van der Waals surface area (Å²) in [6.07, 6.45) is 3.83. The van der Waals surface area contributed by atoms with Crippen LogP contribution in [-0.2, 0) is 4.74 Å². The van der Waals surface area contributed by atoms with Crippen molar-refractivity contribution in [2.24, 2.45) is 5.10 Å². The molecule has 0 aromatic heterocycles. The Hall–Kier alpha value is -1.55. The molecular formula is C16H25N3O. The van der Waals surface area contributed by atoms with E-state index in [0.717, 1.165) is 30.1 Å². The minimum atomic E-state index is 0.507. The summed E-state index contributed by atoms with van der Waals surface area (Å²) in [4.78, 5) is 0. The van der Waals surface area contributed by atoms with E-state index in [1.165, 1.54) is 24.8 Å². The lowest BCUT2D eigenvalue weighted by Gasteiger charge is -2.24. The van der Waals surface area contributed by atoms with Crippen molar-refractivity contribution >= 4 is 11.4 Å². The molecule has 20 heavy (non-hydrogen) atoms. The van der Waals surface area contributed by atoms with E-state index in [1.807, 2.05) is 0 Å². The molecule has 1 heterocycles. The molecule has 0 amide bonds. The van der Waals surface area contributed by atoms with Crippen molar-refractivity contribution in [3.63, 3.8) is 0 Å². The van der Waals surface area contributed by atoms with Crippen molar-refractivity contribution in [3.8, 4) is 0 Å². The second-order valence-electron chi connectivity index (χ2n) is 5.36. The number of aryl methyl sites for hydroxylation is 1. The Morgan fingerprint density at radius 3 is 2.75 bits per heavy atom. The van der Waals surface area contributed by atoms with Crippen LogP contribution in [0.1, 0.15) is 37.3 Å². The zero-order valence-electron chi connectivity index (χ0n) is 12.8. The quantitative estimate of drug-likeness (QED) is 0.662. The summed E-state index contributed by atoms with van der Waals surface area (Å²) in [5.74, 6) is 0. The summed E-state index contributed by atoms with van der Waals surface area (Å²) in [5.41, 5.74) is 4.55. The maximum absolute atomic E-state index is 5.10. The van der Waals surface area contributed by atoms with E-state index in [4.69, 9.17) is 9.84 Å². The number of nitrogens with zero attached hydrogens (tertiary/aromatic N) is 2. The van der Waals surface area contributed by atoms with Crippen molar-refractivity contribution in [2.45, 2.75) is 33.1 Å². The van der Waals surface area contributed by atoms with Crippen LogP contribution in [0.2, 0.25) is 0 Å². The van der Waals surface area contributed by atoms with E-state index < -0.39 is 0 Å². The number of anilines is 1. The zero-order valence-corrected chi connectivity index (χ0v) is 12.8. The molecule has 0 unspecified atom stereocenters. The number of piperidine rings is 1. The standard InChI is InChI=1S/C16H25N3O/c1-13-7-8-16(17-12-20-3)15(11-13)14(2)18-19-9-5-4-6-10-19/h7-8,11,17H,4-6,9-10,12H2,1-3H3/b18-14+. The monoisotopic (exact) mass is 275 g/mol. The zero-order chi connectivity index (χ0) is 14.4. The van der Waals surface area contributed by atoms with Gasteiger partial charge in [-0.15, -0.1) is 0 Å². The second kappa shape index (κ2) is 7.29. The van der Waals surface area contributed by atoms with Crippen LogP contribution >= 0.6 is 0 Å². The number of hydrogen-bond acceptors (Lipinski definition) is 4. The average molecular weight is 275 g/mol. The first-order valence-electron chi connectivity index (χ1n) is 7.34. The highest BCUT2D eigenvalue weighted by molar-refractivity contribution is 6.03. The summed E-state index contributed by atoms with van der Waals surface area (Å²) in [6.45, 7) is 6.85. The van der Waals surface area contributed by atoms with Crippen LogP contribution in [-0.4, -0.2) is 37.7 Å². The van der Waals surface area contributed by atoms with Gasteiger partial charge in [-0.05, 0) is 45.2 Å². The Morgan fingerprint density at radius 2 is 2.05 bits per heavy atom. The summed E-state index contributed by atoms with van der Waals surface area (Å²) < 4.78 is 5.10. The van der Waals surface area contributed by atoms with Crippen molar-refractivity contribution < 1.29 is 4.74 Å². The average Bonchev–Trinajstić information content (AvgIpc) is 2.47. The Kier molecular flexibility index (Phi) is 5.41. The minimum Gasteiger partial charge on any atom is -0.365 e. The molecule has 4 nitrogen and oxygen atoms in total. The van der Waals surface area contributed by atoms with Gasteiger partial charge in [-0.25, -0.2) is 0 Å². The predicted octanol–water partition coefficient (Wildman–Crippen LogP) is 3.22. The second-order valence-corrected chi connectivity index (χ2v) is 5.36. The molecule has 1 aromatic rings. The molecule has 110 valence electrons. The van der Waals surface area contributed by atoms with Gasteiger partial charge >= 0.3 is 0 Å². The van der Waals surface area contributed by atoms with Crippen molar-refractivity contribution in [2.75, 3.05) is 32.2 Å². The molecule has 0 atom stereocenters. The van der Waals surface area contributed by atoms with Gasteiger partial charge in [0.05, 0.1) is 5.71 Å². The first kappa shape index (κ1) is 14.9. The molecule has 0 aliphatic carbocycles. The molecular weight excluding hydrogens is 250 g/mol. The lowest BCUT2D eigenvalue weighted by atomic mass is 10.1. The van der Waals surface area contributed by atoms with Crippen LogP contribution in [0.4, 0.5) is 5.69 Å². The topological polar surface area (TPSA) is 36.9 Å². The molecule has 1 fully saturated rings. The molecule has 4 heteroatoms. The molecule has 0 bridgehead atoms. The number of rotatable bonds is 5. The molecule has 0 saturated carbocycles. The van der Waals surface area contributed by atoms with Crippen molar-refractivity contribution in [3.05, 3.63) is 29.3 Å². The van der Waals surface area contributed by atoms with Gasteiger partial charge in [-0.2, -0.15) is 5.10 Å². The number of hydrazone groups is 1. The molecule has 1 N–H and O–H groups in total. The Bertz CT molecular complexity index is 465. The van der Waals surface area contributed by atoms with Gasteiger partial charge in [0, 0.05) is 31.5 Å². The van der Waals surface area contributed by atoms with Crippen LogP contribution in [0, 0.1) is 6.92 Å². The third kappa shape index (κ3) is 3.97. The van der Waals surface area contributed by atoms with Gasteiger partial charge in [0.2, 0.25) is 0 Å². The van der Waals surface area contributed by atoms with Crippen LogP contribution in [0.15, 0.2) is 23.3 Å². The molecule has 1 aromatic carbocycles. The molecule has 1 aliphatic heterocycles. The first-order valence-corrected chi connectivity index (χ1v) is 7.34. The summed E-state index contributed by atoms with van der Waals surface area (Å²) >= 11 is 0. The largest absolute Gasteiger partial charge is 0.365 e. The van der Waals surface area contributed by atoms with Crippen molar-refractivity contribution in [1.29, 1.82) is 0 Å². The molecule has 0 spiro atoms. The fourth-order valence-electron chi connectivity index (χ4n) is 2.50. The van der Waals surface area contributed by atoms with E-state index in [0.29, 0.717) is 6.73 Å². The van der Waals surface area contributed by atoms with E-state index in [-0.39, 0.29) is 0 Å². The minimum absolute atomic E-state index is 0.507. The van der Waals surface area contributed by atoms with Gasteiger partial charge in [-0.3, -0.25) is 5.01 Å². The molecule has 1 saturated heterocycles.